The Bertz CT molecular complexity index is 471. The summed E-state index contributed by atoms with van der Waals surface area (Å²) in [4.78, 5) is 19.8. The van der Waals surface area contributed by atoms with Crippen molar-refractivity contribution in [3.05, 3.63) is 23.5 Å². The number of aromatic amines is 1. The average molecular weight is 263 g/mol. The van der Waals surface area contributed by atoms with Crippen LogP contribution in [0, 0.1) is 6.92 Å². The second kappa shape index (κ2) is 4.98. The third kappa shape index (κ3) is 2.28. The summed E-state index contributed by atoms with van der Waals surface area (Å²) in [7, 11) is 2.12. The van der Waals surface area contributed by atoms with Gasteiger partial charge in [0.15, 0.2) is 0 Å². The van der Waals surface area contributed by atoms with Crippen LogP contribution in [0.2, 0.25) is 0 Å². The van der Waals surface area contributed by atoms with E-state index in [1.807, 2.05) is 24.1 Å². The van der Waals surface area contributed by atoms with E-state index in [1.54, 1.807) is 0 Å². The molecule has 1 N–H and O–H groups in total. The number of piperidine rings is 1. The van der Waals surface area contributed by atoms with Gasteiger partial charge in [-0.25, -0.2) is 0 Å². The van der Waals surface area contributed by atoms with Gasteiger partial charge in [-0.15, -0.1) is 0 Å². The zero-order chi connectivity index (χ0) is 13.4. The Balaban J connectivity index is 1.73. The molecule has 1 aromatic rings. The summed E-state index contributed by atoms with van der Waals surface area (Å²) in [6.07, 6.45) is 3.04. The molecule has 2 fully saturated rings. The standard InChI is InChI=1S/C14H21N3O2/c1-10-3-5-15-13(10)14(18)17-6-4-12-11(9-17)16(2)7-8-19-12/h3,5,11-12,15H,4,6-9H2,1-2H3/t11-,12+/m1/s1. The van der Waals surface area contributed by atoms with Crippen LogP contribution >= 0.6 is 0 Å². The number of aryl methyl sites for hydroxylation is 1. The lowest BCUT2D eigenvalue weighted by Gasteiger charge is -2.45. The minimum Gasteiger partial charge on any atom is -0.375 e. The summed E-state index contributed by atoms with van der Waals surface area (Å²) >= 11 is 0. The molecular formula is C14H21N3O2. The predicted molar refractivity (Wildman–Crippen MR) is 72.2 cm³/mol. The highest BCUT2D eigenvalue weighted by molar-refractivity contribution is 5.94. The van der Waals surface area contributed by atoms with Crippen LogP contribution in [0.3, 0.4) is 0 Å². The number of morpholine rings is 1. The monoisotopic (exact) mass is 263 g/mol. The number of carbonyl (C=O) groups is 1. The number of amides is 1. The number of ether oxygens (including phenoxy) is 1. The molecule has 1 amide bonds. The molecule has 2 aliphatic rings. The van der Waals surface area contributed by atoms with Crippen molar-refractivity contribution in [3.8, 4) is 0 Å². The van der Waals surface area contributed by atoms with Crippen molar-refractivity contribution in [1.82, 2.24) is 14.8 Å². The molecule has 0 aromatic carbocycles. The Morgan fingerprint density at radius 3 is 3.05 bits per heavy atom. The maximum atomic E-state index is 12.5. The lowest BCUT2D eigenvalue weighted by atomic mass is 9.99. The van der Waals surface area contributed by atoms with Crippen molar-refractivity contribution in [2.24, 2.45) is 0 Å². The van der Waals surface area contributed by atoms with Gasteiger partial charge < -0.3 is 14.6 Å². The maximum absolute atomic E-state index is 12.5. The van der Waals surface area contributed by atoms with E-state index in [2.05, 4.69) is 16.9 Å². The normalized spacial score (nSPS) is 28.2. The number of fused-ring (bicyclic) bond motifs is 1. The first-order chi connectivity index (χ1) is 9.16. The van der Waals surface area contributed by atoms with Crippen LogP contribution < -0.4 is 0 Å². The number of likely N-dealkylation sites (tertiary alicyclic amines) is 1. The van der Waals surface area contributed by atoms with Crippen molar-refractivity contribution in [3.63, 3.8) is 0 Å². The fourth-order valence-electron chi connectivity index (χ4n) is 3.06. The van der Waals surface area contributed by atoms with Crippen LogP contribution in [-0.4, -0.2) is 66.1 Å². The number of aromatic nitrogens is 1. The van der Waals surface area contributed by atoms with Crippen LogP contribution in [0.1, 0.15) is 22.5 Å². The van der Waals surface area contributed by atoms with Gasteiger partial charge in [-0.1, -0.05) is 0 Å². The van der Waals surface area contributed by atoms with Gasteiger partial charge in [-0.2, -0.15) is 0 Å². The van der Waals surface area contributed by atoms with Gasteiger partial charge in [0.2, 0.25) is 0 Å². The number of nitrogens with zero attached hydrogens (tertiary/aromatic N) is 2. The minimum atomic E-state index is 0.111. The van der Waals surface area contributed by atoms with Crippen LogP contribution in [-0.2, 0) is 4.74 Å². The van der Waals surface area contributed by atoms with Gasteiger partial charge >= 0.3 is 0 Å². The molecule has 0 aliphatic carbocycles. The minimum absolute atomic E-state index is 0.111. The summed E-state index contributed by atoms with van der Waals surface area (Å²) in [6, 6.07) is 2.28. The highest BCUT2D eigenvalue weighted by Crippen LogP contribution is 2.23. The molecule has 2 atom stereocenters. The highest BCUT2D eigenvalue weighted by atomic mass is 16.5. The third-order valence-corrected chi connectivity index (χ3v) is 4.32. The van der Waals surface area contributed by atoms with E-state index in [0.29, 0.717) is 6.04 Å². The van der Waals surface area contributed by atoms with Crippen LogP contribution in [0.15, 0.2) is 12.3 Å². The van der Waals surface area contributed by atoms with Crippen molar-refractivity contribution in [2.75, 3.05) is 33.3 Å². The second-order valence-electron chi connectivity index (χ2n) is 5.53. The molecule has 0 radical (unpaired) electrons. The van der Waals surface area contributed by atoms with Crippen LogP contribution in [0.5, 0.6) is 0 Å². The summed E-state index contributed by atoms with van der Waals surface area (Å²) < 4.78 is 5.81. The van der Waals surface area contributed by atoms with Gasteiger partial charge in [0.25, 0.3) is 5.91 Å². The molecule has 1 aromatic heterocycles. The maximum Gasteiger partial charge on any atom is 0.270 e. The Morgan fingerprint density at radius 1 is 1.47 bits per heavy atom. The Kier molecular flexibility index (Phi) is 3.33. The molecule has 3 rings (SSSR count). The molecule has 0 bridgehead atoms. The van der Waals surface area contributed by atoms with E-state index in [4.69, 9.17) is 4.74 Å². The molecule has 104 valence electrons. The lowest BCUT2D eigenvalue weighted by molar-refractivity contribution is -0.0894. The SMILES string of the molecule is Cc1cc[nH]c1C(=O)N1CC[C@@H]2OCCN(C)[C@@H]2C1. The van der Waals surface area contributed by atoms with E-state index in [9.17, 15) is 4.79 Å². The molecule has 0 spiro atoms. The lowest BCUT2D eigenvalue weighted by Crippen LogP contribution is -2.59. The van der Waals surface area contributed by atoms with E-state index in [1.165, 1.54) is 0 Å². The largest absolute Gasteiger partial charge is 0.375 e. The number of likely N-dealkylation sites (N-methyl/N-ethyl adjacent to an activating group) is 1. The fraction of sp³-hybridized carbons (Fsp3) is 0.643. The average Bonchev–Trinajstić information content (AvgIpc) is 2.84. The molecule has 5 heteroatoms. The molecule has 0 saturated carbocycles. The van der Waals surface area contributed by atoms with E-state index < -0.39 is 0 Å². The Morgan fingerprint density at radius 2 is 2.32 bits per heavy atom. The predicted octanol–water partition coefficient (Wildman–Crippen LogP) is 0.868. The molecule has 0 unspecified atom stereocenters. The zero-order valence-electron chi connectivity index (χ0n) is 11.6. The molecule has 2 aliphatic heterocycles. The van der Waals surface area contributed by atoms with Gasteiger partial charge in [0.1, 0.15) is 5.69 Å². The van der Waals surface area contributed by atoms with Gasteiger partial charge in [-0.3, -0.25) is 9.69 Å². The number of hydrogen-bond donors (Lipinski definition) is 1. The van der Waals surface area contributed by atoms with E-state index >= 15 is 0 Å². The molecule has 5 nitrogen and oxygen atoms in total. The quantitative estimate of drug-likeness (QED) is 0.818. The summed E-state index contributed by atoms with van der Waals surface area (Å²) in [5.41, 5.74) is 1.73. The number of hydrogen-bond acceptors (Lipinski definition) is 3. The van der Waals surface area contributed by atoms with Crippen molar-refractivity contribution in [1.29, 1.82) is 0 Å². The zero-order valence-corrected chi connectivity index (χ0v) is 11.6. The van der Waals surface area contributed by atoms with Crippen molar-refractivity contribution >= 4 is 5.91 Å². The van der Waals surface area contributed by atoms with Crippen LogP contribution in [0.4, 0.5) is 0 Å². The molecule has 3 heterocycles. The summed E-state index contributed by atoms with van der Waals surface area (Å²) in [5.74, 6) is 0.111. The molecular weight excluding hydrogens is 242 g/mol. The van der Waals surface area contributed by atoms with E-state index in [-0.39, 0.29) is 12.0 Å². The first-order valence-corrected chi connectivity index (χ1v) is 6.92. The fourth-order valence-corrected chi connectivity index (χ4v) is 3.06. The van der Waals surface area contributed by atoms with Crippen molar-refractivity contribution < 1.29 is 9.53 Å². The Labute approximate surface area is 113 Å². The van der Waals surface area contributed by atoms with Gasteiger partial charge in [0.05, 0.1) is 18.8 Å². The highest BCUT2D eigenvalue weighted by Gasteiger charge is 2.37. The molecule has 2 saturated heterocycles. The number of H-pyrrole nitrogens is 1. The molecule has 19 heavy (non-hydrogen) atoms. The first kappa shape index (κ1) is 12.7. The number of nitrogens with one attached hydrogen (secondary N) is 1. The number of rotatable bonds is 1. The van der Waals surface area contributed by atoms with Crippen molar-refractivity contribution in [2.45, 2.75) is 25.5 Å². The smallest absolute Gasteiger partial charge is 0.270 e. The second-order valence-corrected chi connectivity index (χ2v) is 5.53. The van der Waals surface area contributed by atoms with E-state index in [0.717, 1.165) is 43.9 Å². The topological polar surface area (TPSA) is 48.6 Å². The van der Waals surface area contributed by atoms with Gasteiger partial charge in [0, 0.05) is 25.8 Å². The third-order valence-electron chi connectivity index (χ3n) is 4.32. The Hall–Kier alpha value is -1.33. The van der Waals surface area contributed by atoms with Gasteiger partial charge in [-0.05, 0) is 32.0 Å². The summed E-state index contributed by atoms with van der Waals surface area (Å²) in [5, 5.41) is 0. The number of carbonyl (C=O) groups excluding carboxylic acids is 1. The first-order valence-electron chi connectivity index (χ1n) is 6.92. The van der Waals surface area contributed by atoms with Crippen LogP contribution in [0.25, 0.3) is 0 Å². The summed E-state index contributed by atoms with van der Waals surface area (Å²) in [6.45, 7) is 5.27.